The van der Waals surface area contributed by atoms with Crippen LogP contribution in [0.2, 0.25) is 0 Å². The zero-order valence-electron chi connectivity index (χ0n) is 41.6. The Labute approximate surface area is 378 Å². The fourth-order valence-electron chi connectivity index (χ4n) is 13.2. The highest BCUT2D eigenvalue weighted by molar-refractivity contribution is 6.06. The van der Waals surface area contributed by atoms with Gasteiger partial charge in [-0.25, -0.2) is 0 Å². The van der Waals surface area contributed by atoms with Gasteiger partial charge in [-0.05, 0) is 106 Å². The molecule has 2 heterocycles. The van der Waals surface area contributed by atoms with E-state index in [1.54, 1.807) is 0 Å². The second-order valence-corrected chi connectivity index (χ2v) is 22.8. The Morgan fingerprint density at radius 2 is 0.677 bits per heavy atom. The molecule has 2 fully saturated rings. The van der Waals surface area contributed by atoms with E-state index < -0.39 is 74.1 Å². The first kappa shape index (κ1) is 55.9. The van der Waals surface area contributed by atoms with Gasteiger partial charge in [0.05, 0.1) is 5.41 Å². The Kier molecular flexibility index (Phi) is 22.5. The van der Waals surface area contributed by atoms with Crippen molar-refractivity contribution in [2.24, 2.45) is 28.1 Å². The quantitative estimate of drug-likeness (QED) is 0.0275. The molecule has 0 radical (unpaired) electrons. The van der Waals surface area contributed by atoms with Gasteiger partial charge in [0.2, 0.25) is 0 Å². The topological polar surface area (TPSA) is 173 Å². The number of nitrogens with one attached hydrogen (secondary N) is 2. The summed E-state index contributed by atoms with van der Waals surface area (Å²) < 4.78 is 0. The average molecular weight is 877 g/mol. The van der Waals surface area contributed by atoms with Crippen molar-refractivity contribution in [2.75, 3.05) is 0 Å². The Bertz CT molecular complexity index is 1340. The van der Waals surface area contributed by atoms with Crippen molar-refractivity contribution < 1.29 is 39.6 Å². The molecule has 10 nitrogen and oxygen atoms in total. The first-order chi connectivity index (χ1) is 28.9. The first-order valence-corrected chi connectivity index (χ1v) is 25.5. The standard InChI is InChI=1S/C52H96N2O8/c1-11-13-15-17-19-21-23-25-26-28-30-32-34-50(42(55)56,40-36-46(3,4)53-47(5,6)37-40)51(43(57)58,35-33-31-29-27-24-22-20-18-16-14-12-2)52(44(59)60,45(61)62)41-38-48(7,8)54-49(9,10)39-41/h40-41,53-54H,11-39H2,1-10H3,(H,55,56)(H,57,58)(H,59,60)(H,61,62). The maximum atomic E-state index is 15.0. The van der Waals surface area contributed by atoms with Crippen LogP contribution in [0.25, 0.3) is 0 Å². The van der Waals surface area contributed by atoms with Gasteiger partial charge in [-0.2, -0.15) is 0 Å². The number of piperidine rings is 2. The van der Waals surface area contributed by atoms with E-state index in [2.05, 4.69) is 24.5 Å². The highest BCUT2D eigenvalue weighted by Gasteiger charge is 2.80. The molecule has 2 saturated heterocycles. The van der Waals surface area contributed by atoms with E-state index in [0.29, 0.717) is 19.3 Å². The molecular weight excluding hydrogens is 781 g/mol. The van der Waals surface area contributed by atoms with Gasteiger partial charge in [0, 0.05) is 22.2 Å². The van der Waals surface area contributed by atoms with E-state index in [1.807, 2.05) is 55.4 Å². The Morgan fingerprint density at radius 1 is 0.403 bits per heavy atom. The average Bonchev–Trinajstić information content (AvgIpc) is 3.12. The van der Waals surface area contributed by atoms with E-state index in [4.69, 9.17) is 0 Å². The lowest BCUT2D eigenvalue weighted by Gasteiger charge is -2.62. The van der Waals surface area contributed by atoms with Crippen molar-refractivity contribution in [2.45, 2.75) is 278 Å². The van der Waals surface area contributed by atoms with Crippen LogP contribution in [0, 0.1) is 28.1 Å². The molecule has 62 heavy (non-hydrogen) atoms. The van der Waals surface area contributed by atoms with Crippen LogP contribution in [0.1, 0.15) is 255 Å². The van der Waals surface area contributed by atoms with Crippen molar-refractivity contribution in [1.29, 1.82) is 0 Å². The number of carboxylic acid groups (broad SMARTS) is 4. The predicted octanol–water partition coefficient (Wildman–Crippen LogP) is 13.2. The van der Waals surface area contributed by atoms with Crippen molar-refractivity contribution in [1.82, 2.24) is 10.6 Å². The lowest BCUT2D eigenvalue weighted by molar-refractivity contribution is -0.229. The van der Waals surface area contributed by atoms with Crippen molar-refractivity contribution >= 4 is 23.9 Å². The third-order valence-electron chi connectivity index (χ3n) is 15.1. The summed E-state index contributed by atoms with van der Waals surface area (Å²) >= 11 is 0. The molecule has 0 aromatic rings. The fraction of sp³-hybridized carbons (Fsp3) is 0.923. The van der Waals surface area contributed by atoms with Crippen LogP contribution in [0.4, 0.5) is 0 Å². The summed E-state index contributed by atoms with van der Waals surface area (Å²) in [7, 11) is 0. The summed E-state index contributed by atoms with van der Waals surface area (Å²) in [6.07, 6.45) is 23.6. The smallest absolute Gasteiger partial charge is 0.322 e. The van der Waals surface area contributed by atoms with Crippen LogP contribution in [0.3, 0.4) is 0 Å². The Morgan fingerprint density at radius 3 is 0.952 bits per heavy atom. The van der Waals surface area contributed by atoms with Gasteiger partial charge in [-0.1, -0.05) is 162 Å². The second kappa shape index (κ2) is 24.9. The molecule has 2 aliphatic heterocycles. The number of hydrogen-bond donors (Lipinski definition) is 6. The number of hydrogen-bond acceptors (Lipinski definition) is 6. The summed E-state index contributed by atoms with van der Waals surface area (Å²) in [4.78, 5) is 58.9. The number of carboxylic acids is 4. The molecule has 0 aromatic heterocycles. The highest BCUT2D eigenvalue weighted by Crippen LogP contribution is 2.68. The number of aliphatic carboxylic acids is 4. The third-order valence-corrected chi connectivity index (χ3v) is 15.1. The maximum absolute atomic E-state index is 15.0. The van der Waals surface area contributed by atoms with Crippen LogP contribution >= 0.6 is 0 Å². The molecule has 0 spiro atoms. The summed E-state index contributed by atoms with van der Waals surface area (Å²) in [6, 6.07) is 0. The number of rotatable bonds is 33. The molecule has 0 amide bonds. The van der Waals surface area contributed by atoms with Gasteiger partial charge in [0.1, 0.15) is 5.41 Å². The van der Waals surface area contributed by atoms with E-state index >= 15 is 0 Å². The molecule has 0 aliphatic carbocycles. The molecule has 10 heteroatoms. The third kappa shape index (κ3) is 14.7. The molecule has 2 rings (SSSR count). The SMILES string of the molecule is CCCCCCCCCCCCCCC(C(=O)O)(C1CC(C)(C)NC(C)(C)C1)C(CCCCCCCCCCCCC)(C(=O)O)C(C(=O)O)(C(=O)O)C1CC(C)(C)NC(C)(C)C1. The summed E-state index contributed by atoms with van der Waals surface area (Å²) in [5, 5.41) is 55.1. The predicted molar refractivity (Wildman–Crippen MR) is 253 cm³/mol. The zero-order chi connectivity index (χ0) is 46.9. The molecule has 0 saturated carbocycles. The van der Waals surface area contributed by atoms with Crippen LogP contribution < -0.4 is 10.6 Å². The van der Waals surface area contributed by atoms with Gasteiger partial charge in [0.15, 0.2) is 5.41 Å². The van der Waals surface area contributed by atoms with Gasteiger partial charge < -0.3 is 31.1 Å². The van der Waals surface area contributed by atoms with Crippen LogP contribution in [0.15, 0.2) is 0 Å². The fourth-order valence-corrected chi connectivity index (χ4v) is 13.2. The molecule has 2 unspecified atom stereocenters. The highest BCUT2D eigenvalue weighted by atomic mass is 16.4. The van der Waals surface area contributed by atoms with E-state index in [9.17, 15) is 39.6 Å². The van der Waals surface area contributed by atoms with Crippen LogP contribution in [-0.4, -0.2) is 66.5 Å². The zero-order valence-corrected chi connectivity index (χ0v) is 41.6. The largest absolute Gasteiger partial charge is 0.481 e. The monoisotopic (exact) mass is 877 g/mol. The van der Waals surface area contributed by atoms with E-state index in [-0.39, 0.29) is 44.9 Å². The van der Waals surface area contributed by atoms with Crippen molar-refractivity contribution in [3.05, 3.63) is 0 Å². The first-order valence-electron chi connectivity index (χ1n) is 25.5. The number of unbranched alkanes of at least 4 members (excludes halogenated alkanes) is 21. The lowest BCUT2D eigenvalue weighted by Crippen LogP contribution is -2.74. The summed E-state index contributed by atoms with van der Waals surface area (Å²) in [6.45, 7) is 20.0. The molecule has 6 N–H and O–H groups in total. The maximum Gasteiger partial charge on any atom is 0.322 e. The van der Waals surface area contributed by atoms with Crippen LogP contribution in [0.5, 0.6) is 0 Å². The molecule has 2 aliphatic rings. The molecule has 362 valence electrons. The van der Waals surface area contributed by atoms with E-state index in [0.717, 1.165) is 51.4 Å². The molecule has 0 bridgehead atoms. The Balaban J connectivity index is 2.79. The van der Waals surface area contributed by atoms with Crippen molar-refractivity contribution in [3.8, 4) is 0 Å². The normalized spacial score (nSPS) is 20.9. The Hall–Kier alpha value is -2.20. The minimum atomic E-state index is -2.94. The van der Waals surface area contributed by atoms with Gasteiger partial charge in [-0.15, -0.1) is 0 Å². The second-order valence-electron chi connectivity index (χ2n) is 22.8. The summed E-state index contributed by atoms with van der Waals surface area (Å²) in [5.74, 6) is -8.43. The van der Waals surface area contributed by atoms with Gasteiger partial charge in [-0.3, -0.25) is 19.2 Å². The minimum absolute atomic E-state index is 0.0693. The van der Waals surface area contributed by atoms with Gasteiger partial charge in [0.25, 0.3) is 0 Å². The summed E-state index contributed by atoms with van der Waals surface area (Å²) in [5.41, 5.74) is -10.6. The lowest BCUT2D eigenvalue weighted by atomic mass is 9.39. The van der Waals surface area contributed by atoms with Gasteiger partial charge >= 0.3 is 23.9 Å². The van der Waals surface area contributed by atoms with Crippen LogP contribution in [-0.2, 0) is 19.2 Å². The van der Waals surface area contributed by atoms with E-state index in [1.165, 1.54) is 70.6 Å². The number of carbonyl (C=O) groups is 4. The minimum Gasteiger partial charge on any atom is -0.481 e. The molecule has 0 aromatic carbocycles. The molecule has 2 atom stereocenters. The molecular formula is C52H96N2O8. The van der Waals surface area contributed by atoms with Crippen molar-refractivity contribution in [3.63, 3.8) is 0 Å².